The average molecular weight is 430 g/mol. The number of hydrogen-bond acceptors (Lipinski definition) is 6. The Labute approximate surface area is 180 Å². The molecular weight excluding hydrogens is 402 g/mol. The van der Waals surface area contributed by atoms with Gasteiger partial charge in [0.2, 0.25) is 5.01 Å². The van der Waals surface area contributed by atoms with Gasteiger partial charge in [0.25, 0.3) is 5.91 Å². The number of likely N-dealkylation sites (tertiary alicyclic amines) is 1. The van der Waals surface area contributed by atoms with Crippen LogP contribution in [0.15, 0.2) is 24.3 Å². The third-order valence-corrected chi connectivity index (χ3v) is 6.59. The molecule has 0 radical (unpaired) electrons. The van der Waals surface area contributed by atoms with E-state index in [0.29, 0.717) is 18.1 Å². The van der Waals surface area contributed by atoms with E-state index in [0.717, 1.165) is 55.1 Å². The summed E-state index contributed by atoms with van der Waals surface area (Å²) in [5, 5.41) is 15.3. The standard InChI is InChI=1S/C21H27N5O3S/c1-14-6-8-16(9-7-14)23-18(27)20-25-24-19(30-20)15-4-2-10-26(13-15)21(28)22-12-17-5-3-11-29-17/h6-9,15,17H,2-5,10-13H2,1H3,(H,22,28)(H,23,27)/t15-,17+/m1/s1. The fraction of sp³-hybridized carbons (Fsp3) is 0.524. The van der Waals surface area contributed by atoms with E-state index < -0.39 is 0 Å². The van der Waals surface area contributed by atoms with Crippen molar-refractivity contribution in [1.82, 2.24) is 20.4 Å². The van der Waals surface area contributed by atoms with E-state index in [1.807, 2.05) is 36.1 Å². The first-order valence-electron chi connectivity index (χ1n) is 10.4. The Bertz CT molecular complexity index is 879. The van der Waals surface area contributed by atoms with E-state index in [1.54, 1.807) is 0 Å². The first-order chi connectivity index (χ1) is 14.6. The van der Waals surface area contributed by atoms with Crippen molar-refractivity contribution in [2.75, 3.05) is 31.6 Å². The van der Waals surface area contributed by atoms with E-state index in [9.17, 15) is 9.59 Å². The molecule has 2 atom stereocenters. The smallest absolute Gasteiger partial charge is 0.317 e. The lowest BCUT2D eigenvalue weighted by atomic mass is 9.99. The predicted molar refractivity (Wildman–Crippen MR) is 115 cm³/mol. The molecule has 8 nitrogen and oxygen atoms in total. The zero-order valence-corrected chi connectivity index (χ0v) is 17.9. The van der Waals surface area contributed by atoms with E-state index in [1.165, 1.54) is 11.3 Å². The molecule has 3 heterocycles. The Morgan fingerprint density at radius 3 is 2.80 bits per heavy atom. The number of hydrogen-bond donors (Lipinski definition) is 2. The number of amides is 3. The molecule has 0 bridgehead atoms. The van der Waals surface area contributed by atoms with Gasteiger partial charge in [0, 0.05) is 37.8 Å². The first kappa shape index (κ1) is 20.7. The largest absolute Gasteiger partial charge is 0.376 e. The Balaban J connectivity index is 1.32. The minimum atomic E-state index is -0.260. The van der Waals surface area contributed by atoms with Gasteiger partial charge in [-0.25, -0.2) is 4.79 Å². The maximum Gasteiger partial charge on any atom is 0.317 e. The van der Waals surface area contributed by atoms with Gasteiger partial charge in [-0.2, -0.15) is 0 Å². The number of urea groups is 1. The summed E-state index contributed by atoms with van der Waals surface area (Å²) < 4.78 is 5.57. The van der Waals surface area contributed by atoms with E-state index >= 15 is 0 Å². The van der Waals surface area contributed by atoms with Gasteiger partial charge in [-0.05, 0) is 44.7 Å². The molecule has 0 spiro atoms. The number of aryl methyl sites for hydroxylation is 1. The van der Waals surface area contributed by atoms with Crippen LogP contribution >= 0.6 is 11.3 Å². The van der Waals surface area contributed by atoms with Crippen molar-refractivity contribution in [2.45, 2.75) is 44.6 Å². The molecule has 0 saturated carbocycles. The minimum Gasteiger partial charge on any atom is -0.376 e. The average Bonchev–Trinajstić information content (AvgIpc) is 3.46. The van der Waals surface area contributed by atoms with Crippen molar-refractivity contribution in [3.05, 3.63) is 39.8 Å². The third kappa shape index (κ3) is 5.14. The second-order valence-corrected chi connectivity index (χ2v) is 8.88. The van der Waals surface area contributed by atoms with Crippen LogP contribution in [-0.4, -0.2) is 59.4 Å². The van der Waals surface area contributed by atoms with Gasteiger partial charge in [-0.1, -0.05) is 29.0 Å². The zero-order chi connectivity index (χ0) is 20.9. The number of rotatable bonds is 5. The van der Waals surface area contributed by atoms with Crippen LogP contribution in [0.5, 0.6) is 0 Å². The molecule has 2 fully saturated rings. The molecule has 4 rings (SSSR count). The van der Waals surface area contributed by atoms with Crippen LogP contribution in [0.1, 0.15) is 52.0 Å². The van der Waals surface area contributed by atoms with Crippen molar-refractivity contribution in [3.8, 4) is 0 Å². The van der Waals surface area contributed by atoms with Gasteiger partial charge in [0.1, 0.15) is 5.01 Å². The lowest BCUT2D eigenvalue weighted by Gasteiger charge is -2.31. The molecule has 1 aromatic heterocycles. The molecule has 2 saturated heterocycles. The van der Waals surface area contributed by atoms with Gasteiger partial charge < -0.3 is 20.3 Å². The number of carbonyl (C=O) groups excluding carboxylic acids is 2. The zero-order valence-electron chi connectivity index (χ0n) is 17.1. The molecule has 2 aliphatic heterocycles. The van der Waals surface area contributed by atoms with Gasteiger partial charge in [0.05, 0.1) is 6.10 Å². The van der Waals surface area contributed by atoms with Gasteiger partial charge in [0.15, 0.2) is 0 Å². The quantitative estimate of drug-likeness (QED) is 0.761. The highest BCUT2D eigenvalue weighted by Gasteiger charge is 2.28. The minimum absolute atomic E-state index is 0.0583. The Kier molecular flexibility index (Phi) is 6.59. The summed E-state index contributed by atoms with van der Waals surface area (Å²) in [6, 6.07) is 7.56. The van der Waals surface area contributed by atoms with E-state index in [2.05, 4.69) is 20.8 Å². The topological polar surface area (TPSA) is 96.5 Å². The number of aromatic nitrogens is 2. The van der Waals surface area contributed by atoms with Crippen molar-refractivity contribution in [3.63, 3.8) is 0 Å². The fourth-order valence-electron chi connectivity index (χ4n) is 3.79. The first-order valence-corrected chi connectivity index (χ1v) is 11.3. The molecule has 30 heavy (non-hydrogen) atoms. The fourth-order valence-corrected chi connectivity index (χ4v) is 4.66. The number of nitrogens with zero attached hydrogens (tertiary/aromatic N) is 3. The van der Waals surface area contributed by atoms with Crippen LogP contribution in [0, 0.1) is 6.92 Å². The highest BCUT2D eigenvalue weighted by molar-refractivity contribution is 7.13. The number of piperidine rings is 1. The number of carbonyl (C=O) groups is 2. The van der Waals surface area contributed by atoms with E-state index in [-0.39, 0.29) is 24.0 Å². The van der Waals surface area contributed by atoms with Crippen LogP contribution in [0.2, 0.25) is 0 Å². The SMILES string of the molecule is Cc1ccc(NC(=O)c2nnc([C@@H]3CCCN(C(=O)NC[C@@H]4CCCO4)C3)s2)cc1. The predicted octanol–water partition coefficient (Wildman–Crippen LogP) is 3.17. The van der Waals surface area contributed by atoms with Gasteiger partial charge in [-0.3, -0.25) is 4.79 Å². The van der Waals surface area contributed by atoms with Gasteiger partial charge in [-0.15, -0.1) is 10.2 Å². The summed E-state index contributed by atoms with van der Waals surface area (Å²) >= 11 is 1.30. The molecule has 2 aromatic rings. The Morgan fingerprint density at radius 2 is 2.03 bits per heavy atom. The second-order valence-electron chi connectivity index (χ2n) is 7.87. The summed E-state index contributed by atoms with van der Waals surface area (Å²) in [7, 11) is 0. The molecule has 1 aromatic carbocycles. The number of ether oxygens (including phenoxy) is 1. The van der Waals surface area contributed by atoms with Crippen molar-refractivity contribution >= 4 is 29.0 Å². The summed E-state index contributed by atoms with van der Waals surface area (Å²) in [6.45, 7) is 4.66. The lowest BCUT2D eigenvalue weighted by molar-refractivity contribution is 0.102. The van der Waals surface area contributed by atoms with Gasteiger partial charge >= 0.3 is 6.03 Å². The number of benzene rings is 1. The number of anilines is 1. The Hall–Kier alpha value is -2.52. The molecule has 2 N–H and O–H groups in total. The highest BCUT2D eigenvalue weighted by atomic mass is 32.1. The lowest BCUT2D eigenvalue weighted by Crippen LogP contribution is -2.46. The summed E-state index contributed by atoms with van der Waals surface area (Å²) in [5.41, 5.74) is 1.86. The van der Waals surface area contributed by atoms with Crippen molar-refractivity contribution in [1.29, 1.82) is 0 Å². The molecule has 3 amide bonds. The third-order valence-electron chi connectivity index (χ3n) is 5.51. The molecule has 0 unspecified atom stereocenters. The Morgan fingerprint density at radius 1 is 1.20 bits per heavy atom. The van der Waals surface area contributed by atoms with E-state index in [4.69, 9.17) is 4.74 Å². The summed E-state index contributed by atoms with van der Waals surface area (Å²) in [6.07, 6.45) is 4.03. The molecule has 160 valence electrons. The molecule has 2 aliphatic rings. The van der Waals surface area contributed by atoms with Crippen LogP contribution in [0.3, 0.4) is 0 Å². The normalized spacial score (nSPS) is 21.4. The van der Waals surface area contributed by atoms with Crippen LogP contribution in [0.25, 0.3) is 0 Å². The van der Waals surface area contributed by atoms with Crippen molar-refractivity contribution < 1.29 is 14.3 Å². The maximum atomic E-state index is 12.5. The second kappa shape index (κ2) is 9.53. The maximum absolute atomic E-state index is 12.5. The van der Waals surface area contributed by atoms with Crippen LogP contribution < -0.4 is 10.6 Å². The highest BCUT2D eigenvalue weighted by Crippen LogP contribution is 2.29. The van der Waals surface area contributed by atoms with Crippen LogP contribution in [-0.2, 0) is 4.74 Å². The molecule has 0 aliphatic carbocycles. The van der Waals surface area contributed by atoms with Crippen LogP contribution in [0.4, 0.5) is 10.5 Å². The molecular formula is C21H27N5O3S. The summed E-state index contributed by atoms with van der Waals surface area (Å²) in [4.78, 5) is 26.9. The monoisotopic (exact) mass is 429 g/mol. The number of nitrogens with one attached hydrogen (secondary N) is 2. The summed E-state index contributed by atoms with van der Waals surface area (Å²) in [5.74, 6) is -0.157. The van der Waals surface area contributed by atoms with Crippen molar-refractivity contribution in [2.24, 2.45) is 0 Å². The molecule has 9 heteroatoms.